The Balaban J connectivity index is 1.73. The minimum absolute atomic E-state index is 0.0813. The van der Waals surface area contributed by atoms with Crippen LogP contribution in [-0.4, -0.2) is 42.4 Å². The second-order valence-corrected chi connectivity index (χ2v) is 6.99. The third-order valence-electron chi connectivity index (χ3n) is 4.79. The van der Waals surface area contributed by atoms with E-state index >= 15 is 0 Å². The maximum absolute atomic E-state index is 14.2. The number of likely N-dealkylation sites (tertiary alicyclic amines) is 1. The molecule has 0 aliphatic carbocycles. The Kier molecular flexibility index (Phi) is 3.88. The van der Waals surface area contributed by atoms with Crippen molar-refractivity contribution in [1.29, 1.82) is 0 Å². The van der Waals surface area contributed by atoms with Crippen LogP contribution < -0.4 is 10.2 Å². The fourth-order valence-corrected chi connectivity index (χ4v) is 2.38. The van der Waals surface area contributed by atoms with E-state index in [1.165, 1.54) is 17.0 Å². The van der Waals surface area contributed by atoms with Crippen molar-refractivity contribution >= 4 is 18.7 Å². The highest BCUT2D eigenvalue weighted by atomic mass is 19.1. The van der Waals surface area contributed by atoms with Crippen LogP contribution in [0.3, 0.4) is 0 Å². The van der Waals surface area contributed by atoms with E-state index in [0.29, 0.717) is 18.6 Å². The number of carbonyl (C=O) groups excluding carboxylic acids is 1. The Morgan fingerprint density at radius 3 is 2.30 bits per heavy atom. The Morgan fingerprint density at radius 2 is 1.83 bits per heavy atom. The van der Waals surface area contributed by atoms with E-state index in [1.54, 1.807) is 6.07 Å². The highest BCUT2D eigenvalue weighted by molar-refractivity contribution is 6.62. The molecule has 0 aromatic heterocycles. The molecule has 0 saturated carbocycles. The number of halogens is 1. The Hall–Kier alpha value is -1.60. The number of rotatable bonds is 2. The molecule has 0 bridgehead atoms. The van der Waals surface area contributed by atoms with Gasteiger partial charge in [-0.3, -0.25) is 0 Å². The van der Waals surface area contributed by atoms with E-state index in [4.69, 9.17) is 14.0 Å². The second-order valence-electron chi connectivity index (χ2n) is 6.99. The number of amides is 1. The van der Waals surface area contributed by atoms with Crippen LogP contribution in [0.5, 0.6) is 5.75 Å². The molecule has 7 heteroatoms. The zero-order valence-electron chi connectivity index (χ0n) is 13.9. The predicted octanol–water partition coefficient (Wildman–Crippen LogP) is 2.33. The van der Waals surface area contributed by atoms with Gasteiger partial charge in [0.1, 0.15) is 0 Å². The first-order chi connectivity index (χ1) is 10.7. The van der Waals surface area contributed by atoms with Crippen LogP contribution in [0.1, 0.15) is 34.1 Å². The second kappa shape index (κ2) is 5.49. The molecule has 0 atom stereocenters. The number of hydrogen-bond acceptors (Lipinski definition) is 4. The molecule has 23 heavy (non-hydrogen) atoms. The molecule has 0 spiro atoms. The van der Waals surface area contributed by atoms with Crippen LogP contribution in [-0.2, 0) is 9.31 Å². The van der Waals surface area contributed by atoms with Crippen molar-refractivity contribution in [2.45, 2.75) is 45.3 Å². The Bertz CT molecular complexity index is 615. The van der Waals surface area contributed by atoms with Crippen molar-refractivity contribution < 1.29 is 23.2 Å². The van der Waals surface area contributed by atoms with E-state index in [2.05, 4.69) is 0 Å². The molecule has 0 radical (unpaired) electrons. The van der Waals surface area contributed by atoms with Gasteiger partial charge < -0.3 is 18.9 Å². The number of hydrogen-bond donors (Lipinski definition) is 0. The summed E-state index contributed by atoms with van der Waals surface area (Å²) in [6.07, 6.45) is 0.442. The number of benzene rings is 1. The van der Waals surface area contributed by atoms with Gasteiger partial charge in [0.2, 0.25) is 0 Å². The van der Waals surface area contributed by atoms with Gasteiger partial charge in [-0.2, -0.15) is 0 Å². The summed E-state index contributed by atoms with van der Waals surface area (Å²) in [4.78, 5) is 13.3. The molecular formula is C16H21BFNO4. The number of ether oxygens (including phenoxy) is 1. The van der Waals surface area contributed by atoms with Crippen molar-refractivity contribution in [2.24, 2.45) is 0 Å². The van der Waals surface area contributed by atoms with Gasteiger partial charge in [-0.1, -0.05) is 6.07 Å². The summed E-state index contributed by atoms with van der Waals surface area (Å²) in [5.41, 5.74) is -0.419. The summed E-state index contributed by atoms with van der Waals surface area (Å²) in [6.45, 7) is 9.07. The van der Waals surface area contributed by atoms with E-state index in [0.717, 1.165) is 6.42 Å². The molecule has 1 aromatic rings. The molecule has 2 saturated heterocycles. The topological polar surface area (TPSA) is 48.0 Å². The molecule has 124 valence electrons. The molecule has 0 unspecified atom stereocenters. The van der Waals surface area contributed by atoms with Gasteiger partial charge in [0.05, 0.1) is 11.2 Å². The molecular weight excluding hydrogens is 300 g/mol. The maximum atomic E-state index is 14.2. The van der Waals surface area contributed by atoms with Crippen molar-refractivity contribution in [3.05, 3.63) is 24.0 Å². The average Bonchev–Trinajstić information content (AvgIpc) is 2.59. The largest absolute Gasteiger partial charge is 0.494 e. The third kappa shape index (κ3) is 2.95. The first kappa shape index (κ1) is 16.3. The third-order valence-corrected chi connectivity index (χ3v) is 4.79. The summed E-state index contributed by atoms with van der Waals surface area (Å²) in [5, 5.41) is 0. The predicted molar refractivity (Wildman–Crippen MR) is 84.3 cm³/mol. The zero-order valence-corrected chi connectivity index (χ0v) is 13.9. The molecule has 2 fully saturated rings. The lowest BCUT2D eigenvalue weighted by Crippen LogP contribution is -2.43. The van der Waals surface area contributed by atoms with Crippen LogP contribution >= 0.6 is 0 Å². The molecule has 1 amide bonds. The first-order valence-electron chi connectivity index (χ1n) is 7.81. The fourth-order valence-electron chi connectivity index (χ4n) is 2.38. The summed E-state index contributed by atoms with van der Waals surface area (Å²) in [7, 11) is -0.644. The molecule has 5 nitrogen and oxygen atoms in total. The number of carbonyl (C=O) groups is 1. The normalized spacial score (nSPS) is 22.0. The zero-order chi connectivity index (χ0) is 16.8. The van der Waals surface area contributed by atoms with Gasteiger partial charge in [0, 0.05) is 13.1 Å². The lowest BCUT2D eigenvalue weighted by molar-refractivity contribution is 0.00578. The van der Waals surface area contributed by atoms with Gasteiger partial charge in [0.15, 0.2) is 11.6 Å². The first-order valence-corrected chi connectivity index (χ1v) is 7.81. The highest BCUT2D eigenvalue weighted by Crippen LogP contribution is 2.36. The van der Waals surface area contributed by atoms with E-state index < -0.39 is 30.2 Å². The molecule has 3 rings (SSSR count). The van der Waals surface area contributed by atoms with Crippen molar-refractivity contribution in [2.75, 3.05) is 13.1 Å². The lowest BCUT2D eigenvalue weighted by Gasteiger charge is -2.32. The van der Waals surface area contributed by atoms with E-state index in [9.17, 15) is 9.18 Å². The quantitative estimate of drug-likeness (QED) is 0.785. The number of nitrogens with zero attached hydrogens (tertiary/aromatic N) is 1. The smallest absolute Gasteiger partial charge is 0.407 e. The molecule has 2 aliphatic heterocycles. The summed E-state index contributed by atoms with van der Waals surface area (Å²) >= 11 is 0. The summed E-state index contributed by atoms with van der Waals surface area (Å²) < 4.78 is 31.1. The fraction of sp³-hybridized carbons (Fsp3) is 0.562. The van der Waals surface area contributed by atoms with Crippen molar-refractivity contribution in [1.82, 2.24) is 4.90 Å². The lowest BCUT2D eigenvalue weighted by atomic mass is 9.79. The van der Waals surface area contributed by atoms with Gasteiger partial charge in [-0.05, 0) is 51.7 Å². The minimum atomic E-state index is -0.644. The van der Waals surface area contributed by atoms with Crippen molar-refractivity contribution in [3.8, 4) is 5.75 Å². The maximum Gasteiger partial charge on any atom is 0.494 e. The average molecular weight is 321 g/mol. The van der Waals surface area contributed by atoms with E-state index in [-0.39, 0.29) is 5.75 Å². The van der Waals surface area contributed by atoms with E-state index in [1.807, 2.05) is 27.7 Å². The van der Waals surface area contributed by atoms with Crippen LogP contribution in [0.15, 0.2) is 18.2 Å². The van der Waals surface area contributed by atoms with Gasteiger partial charge >= 0.3 is 13.2 Å². The molecule has 0 N–H and O–H groups in total. The SMILES string of the molecule is CC1(C)OB(c2ccc(OC(=O)N3CCC3)c(F)c2)OC1(C)C. The van der Waals surface area contributed by atoms with Crippen LogP contribution in [0.25, 0.3) is 0 Å². The van der Waals surface area contributed by atoms with Crippen LogP contribution in [0, 0.1) is 5.82 Å². The molecule has 2 aliphatic rings. The standard InChI is InChI=1S/C16H21BFNO4/c1-15(2)16(3,4)23-17(22-15)11-6-7-13(12(18)10-11)21-14(20)19-8-5-9-19/h6-7,10H,5,8-9H2,1-4H3. The van der Waals surface area contributed by atoms with Crippen LogP contribution in [0.2, 0.25) is 0 Å². The van der Waals surface area contributed by atoms with Gasteiger partial charge in [-0.15, -0.1) is 0 Å². The van der Waals surface area contributed by atoms with Gasteiger partial charge in [0.25, 0.3) is 0 Å². The minimum Gasteiger partial charge on any atom is -0.407 e. The van der Waals surface area contributed by atoms with Gasteiger partial charge in [-0.25, -0.2) is 9.18 Å². The molecule has 1 aromatic carbocycles. The monoisotopic (exact) mass is 321 g/mol. The molecule has 2 heterocycles. The Morgan fingerprint density at radius 1 is 1.22 bits per heavy atom. The summed E-state index contributed by atoms with van der Waals surface area (Å²) in [5.74, 6) is -0.687. The summed E-state index contributed by atoms with van der Waals surface area (Å²) in [6, 6.07) is 4.39. The highest BCUT2D eigenvalue weighted by Gasteiger charge is 2.51. The van der Waals surface area contributed by atoms with Crippen molar-refractivity contribution in [3.63, 3.8) is 0 Å². The Labute approximate surface area is 135 Å². The van der Waals surface area contributed by atoms with Crippen LogP contribution in [0.4, 0.5) is 9.18 Å².